The van der Waals surface area contributed by atoms with Gasteiger partial charge < -0.3 is 15.2 Å². The molecular formula is C17H25F2N3. The van der Waals surface area contributed by atoms with Crippen LogP contribution in [0.15, 0.2) is 42.6 Å². The summed E-state index contributed by atoms with van der Waals surface area (Å²) in [5, 5.41) is 5.50. The molecule has 122 valence electrons. The fourth-order valence-electron chi connectivity index (χ4n) is 1.87. The van der Waals surface area contributed by atoms with E-state index in [4.69, 9.17) is 5.41 Å². The minimum atomic E-state index is -2.85. The zero-order valence-corrected chi connectivity index (χ0v) is 14.0. The summed E-state index contributed by atoms with van der Waals surface area (Å²) >= 11 is 0. The zero-order valence-electron chi connectivity index (χ0n) is 14.0. The van der Waals surface area contributed by atoms with Gasteiger partial charge in [0, 0.05) is 39.3 Å². The first-order chi connectivity index (χ1) is 10.1. The molecule has 0 fully saturated rings. The van der Waals surface area contributed by atoms with Crippen molar-refractivity contribution in [3.63, 3.8) is 0 Å². The van der Waals surface area contributed by atoms with Crippen LogP contribution < -0.4 is 9.80 Å². The molecule has 0 aliphatic carbocycles. The van der Waals surface area contributed by atoms with Crippen molar-refractivity contribution >= 4 is 18.1 Å². The van der Waals surface area contributed by atoms with Gasteiger partial charge in [0.1, 0.15) is 0 Å². The van der Waals surface area contributed by atoms with Crippen LogP contribution in [-0.2, 0) is 5.92 Å². The third-order valence-corrected chi connectivity index (χ3v) is 3.22. The number of alkyl halides is 2. The van der Waals surface area contributed by atoms with Crippen molar-refractivity contribution in [2.45, 2.75) is 19.8 Å². The van der Waals surface area contributed by atoms with Crippen molar-refractivity contribution in [1.82, 2.24) is 0 Å². The molecule has 0 amide bonds. The van der Waals surface area contributed by atoms with E-state index in [0.717, 1.165) is 23.9 Å². The van der Waals surface area contributed by atoms with Gasteiger partial charge in [0.15, 0.2) is 0 Å². The van der Waals surface area contributed by atoms with Crippen molar-refractivity contribution < 1.29 is 8.78 Å². The third-order valence-electron chi connectivity index (χ3n) is 3.22. The second-order valence-corrected chi connectivity index (χ2v) is 5.27. The van der Waals surface area contributed by atoms with Crippen LogP contribution in [0, 0.1) is 5.41 Å². The number of benzene rings is 1. The van der Waals surface area contributed by atoms with Crippen molar-refractivity contribution in [2.75, 3.05) is 30.9 Å². The van der Waals surface area contributed by atoms with E-state index >= 15 is 0 Å². The summed E-state index contributed by atoms with van der Waals surface area (Å²) in [5.74, 6) is -2.85. The number of anilines is 2. The van der Waals surface area contributed by atoms with E-state index in [9.17, 15) is 8.78 Å². The minimum Gasteiger partial charge on any atom is -0.376 e. The highest BCUT2D eigenvalue weighted by atomic mass is 19.3. The molecule has 0 bridgehead atoms. The van der Waals surface area contributed by atoms with Crippen LogP contribution in [0.25, 0.3) is 0 Å². The van der Waals surface area contributed by atoms with Crippen molar-refractivity contribution in [3.05, 3.63) is 48.2 Å². The maximum atomic E-state index is 13.5. The molecule has 0 saturated heterocycles. The fourth-order valence-corrected chi connectivity index (χ4v) is 1.87. The van der Waals surface area contributed by atoms with Gasteiger partial charge in [-0.3, -0.25) is 0 Å². The molecule has 0 radical (unpaired) electrons. The molecule has 0 heterocycles. The average Bonchev–Trinajstić information content (AvgIpc) is 2.46. The van der Waals surface area contributed by atoms with Gasteiger partial charge in [0.05, 0.1) is 11.4 Å². The third kappa shape index (κ3) is 4.69. The van der Waals surface area contributed by atoms with Crippen LogP contribution in [0.5, 0.6) is 0 Å². The van der Waals surface area contributed by atoms with Crippen molar-refractivity contribution in [3.8, 4) is 0 Å². The van der Waals surface area contributed by atoms with E-state index in [0.29, 0.717) is 5.69 Å². The number of likely N-dealkylation sites (N-methyl/N-ethyl adjacent to an activating group) is 1. The molecule has 1 aromatic carbocycles. The SMILES string of the molecule is C=C(C)C(=C)N(C)c1ccc(C(C)(F)F)cc1N(C)C.C=N. The number of rotatable bonds is 5. The molecule has 22 heavy (non-hydrogen) atoms. The molecule has 3 nitrogen and oxygen atoms in total. The summed E-state index contributed by atoms with van der Waals surface area (Å²) in [5.41, 5.74) is 3.12. The fraction of sp³-hybridized carbons (Fsp3) is 0.353. The van der Waals surface area contributed by atoms with Gasteiger partial charge in [-0.15, -0.1) is 0 Å². The number of nitrogens with zero attached hydrogens (tertiary/aromatic N) is 2. The van der Waals surface area contributed by atoms with Gasteiger partial charge in [-0.1, -0.05) is 19.2 Å². The summed E-state index contributed by atoms with van der Waals surface area (Å²) < 4.78 is 26.9. The molecule has 0 atom stereocenters. The molecule has 1 aromatic rings. The summed E-state index contributed by atoms with van der Waals surface area (Å²) in [6.45, 7) is 13.1. The van der Waals surface area contributed by atoms with E-state index in [1.54, 1.807) is 6.07 Å². The van der Waals surface area contributed by atoms with Gasteiger partial charge >= 0.3 is 0 Å². The molecule has 0 spiro atoms. The Morgan fingerprint density at radius 3 is 1.95 bits per heavy atom. The highest BCUT2D eigenvalue weighted by Gasteiger charge is 2.26. The van der Waals surface area contributed by atoms with Gasteiger partial charge in [0.25, 0.3) is 5.92 Å². The maximum Gasteiger partial charge on any atom is 0.270 e. The molecule has 5 heteroatoms. The van der Waals surface area contributed by atoms with E-state index in [2.05, 4.69) is 19.9 Å². The lowest BCUT2D eigenvalue weighted by atomic mass is 10.1. The van der Waals surface area contributed by atoms with E-state index in [1.165, 1.54) is 12.1 Å². The molecule has 0 aliphatic rings. The summed E-state index contributed by atoms with van der Waals surface area (Å²) in [7, 11) is 5.50. The normalized spacial score (nSPS) is 10.3. The highest BCUT2D eigenvalue weighted by molar-refractivity contribution is 5.74. The standard InChI is InChI=1S/C16H22F2N2.CH3N/c1-11(2)12(3)20(7)14-9-8-13(16(4,17)18)10-15(14)19(5)6;1-2/h8-10H,1,3H2,2,4-7H3;2H,1H2. The molecule has 1 N–H and O–H groups in total. The monoisotopic (exact) mass is 309 g/mol. The van der Waals surface area contributed by atoms with Gasteiger partial charge in [0.2, 0.25) is 0 Å². The Bertz CT molecular complexity index is 545. The van der Waals surface area contributed by atoms with E-state index in [-0.39, 0.29) is 5.56 Å². The lowest BCUT2D eigenvalue weighted by molar-refractivity contribution is 0.0175. The van der Waals surface area contributed by atoms with Crippen LogP contribution in [-0.4, -0.2) is 27.9 Å². The number of hydrogen-bond acceptors (Lipinski definition) is 3. The molecule has 1 rings (SSSR count). The Kier molecular flexibility index (Phi) is 6.97. The summed E-state index contributed by atoms with van der Waals surface area (Å²) in [4.78, 5) is 3.67. The van der Waals surface area contributed by atoms with E-state index in [1.807, 2.05) is 37.9 Å². The Morgan fingerprint density at radius 1 is 1.09 bits per heavy atom. The van der Waals surface area contributed by atoms with Crippen LogP contribution in [0.1, 0.15) is 19.4 Å². The second kappa shape index (κ2) is 7.73. The van der Waals surface area contributed by atoms with Crippen LogP contribution in [0.4, 0.5) is 20.2 Å². The molecule has 0 saturated carbocycles. The Labute approximate surface area is 132 Å². The Morgan fingerprint density at radius 2 is 1.59 bits per heavy atom. The highest BCUT2D eigenvalue weighted by Crippen LogP contribution is 2.36. The van der Waals surface area contributed by atoms with Gasteiger partial charge in [-0.2, -0.15) is 0 Å². The van der Waals surface area contributed by atoms with E-state index < -0.39 is 5.92 Å². The molecule has 0 aromatic heterocycles. The van der Waals surface area contributed by atoms with Crippen molar-refractivity contribution in [2.24, 2.45) is 0 Å². The van der Waals surface area contributed by atoms with Crippen LogP contribution in [0.2, 0.25) is 0 Å². The average molecular weight is 309 g/mol. The molecule has 0 unspecified atom stereocenters. The summed E-state index contributed by atoms with van der Waals surface area (Å²) in [6.07, 6.45) is 0. The Hall–Kier alpha value is -2.17. The van der Waals surface area contributed by atoms with Crippen molar-refractivity contribution in [1.29, 1.82) is 5.41 Å². The predicted molar refractivity (Wildman–Crippen MR) is 92.5 cm³/mol. The Balaban J connectivity index is 0.00000211. The predicted octanol–water partition coefficient (Wildman–Crippen LogP) is 4.66. The minimum absolute atomic E-state index is 0.000660. The maximum absolute atomic E-state index is 13.5. The number of halogens is 2. The van der Waals surface area contributed by atoms with Gasteiger partial charge in [-0.05, 0) is 31.3 Å². The smallest absolute Gasteiger partial charge is 0.270 e. The number of nitrogens with one attached hydrogen (secondary N) is 1. The second-order valence-electron chi connectivity index (χ2n) is 5.27. The van der Waals surface area contributed by atoms with Crippen LogP contribution >= 0.6 is 0 Å². The molecular weight excluding hydrogens is 284 g/mol. The van der Waals surface area contributed by atoms with Gasteiger partial charge in [-0.25, -0.2) is 8.78 Å². The first kappa shape index (κ1) is 19.8. The quantitative estimate of drug-likeness (QED) is 0.633. The molecule has 0 aliphatic heterocycles. The largest absolute Gasteiger partial charge is 0.376 e. The number of allylic oxidation sites excluding steroid dienone is 1. The summed E-state index contributed by atoms with van der Waals surface area (Å²) in [6, 6.07) is 4.65. The lowest BCUT2D eigenvalue weighted by Crippen LogP contribution is -2.21. The first-order valence-electron chi connectivity index (χ1n) is 6.69. The number of hydrogen-bond donors (Lipinski definition) is 1. The first-order valence-corrected chi connectivity index (χ1v) is 6.69. The lowest BCUT2D eigenvalue weighted by Gasteiger charge is -2.28. The topological polar surface area (TPSA) is 30.3 Å². The van der Waals surface area contributed by atoms with Crippen LogP contribution in [0.3, 0.4) is 0 Å². The zero-order chi connectivity index (χ0) is 17.7.